The van der Waals surface area contributed by atoms with E-state index in [1.165, 1.54) is 0 Å². The molecule has 0 saturated carbocycles. The highest BCUT2D eigenvalue weighted by Crippen LogP contribution is 2.05. The smallest absolute Gasteiger partial charge is 0.317 e. The van der Waals surface area contributed by atoms with Gasteiger partial charge in [0.25, 0.3) is 0 Å². The number of piperazine rings is 1. The molecule has 0 radical (unpaired) electrons. The quantitative estimate of drug-likeness (QED) is 0.898. The number of carbonyl (C=O) groups is 1. The third-order valence-electron chi connectivity index (χ3n) is 3.38. The minimum Gasteiger partial charge on any atom is -0.336 e. The van der Waals surface area contributed by atoms with Gasteiger partial charge in [-0.3, -0.25) is 4.90 Å². The van der Waals surface area contributed by atoms with Crippen LogP contribution in [0.25, 0.3) is 0 Å². The van der Waals surface area contributed by atoms with Gasteiger partial charge in [0.05, 0.1) is 6.33 Å². The largest absolute Gasteiger partial charge is 0.336 e. The number of imidazole rings is 1. The summed E-state index contributed by atoms with van der Waals surface area (Å²) in [6.45, 7) is 11.4. The maximum absolute atomic E-state index is 12.0. The Morgan fingerprint density at radius 3 is 2.45 bits per heavy atom. The number of urea groups is 1. The van der Waals surface area contributed by atoms with E-state index in [4.69, 9.17) is 0 Å². The van der Waals surface area contributed by atoms with E-state index >= 15 is 0 Å². The van der Waals surface area contributed by atoms with Crippen LogP contribution in [0.15, 0.2) is 18.7 Å². The molecular weight excluding hydrogens is 254 g/mol. The summed E-state index contributed by atoms with van der Waals surface area (Å²) < 4.78 is 2.08. The van der Waals surface area contributed by atoms with E-state index in [9.17, 15) is 4.79 Å². The van der Waals surface area contributed by atoms with Crippen LogP contribution in [-0.4, -0.2) is 63.6 Å². The first-order valence-corrected chi connectivity index (χ1v) is 7.19. The highest BCUT2D eigenvalue weighted by molar-refractivity contribution is 5.75. The SMILES string of the molecule is CC(C)(C)NC(=O)N1CCN(CCn2ccnc2)CC1. The average Bonchev–Trinajstić information content (AvgIpc) is 2.88. The fraction of sp³-hybridized carbons (Fsp3) is 0.714. The van der Waals surface area contributed by atoms with Crippen molar-refractivity contribution in [2.75, 3.05) is 32.7 Å². The normalized spacial score (nSPS) is 17.2. The lowest BCUT2D eigenvalue weighted by Gasteiger charge is -2.36. The van der Waals surface area contributed by atoms with Crippen molar-refractivity contribution in [3.8, 4) is 0 Å². The van der Waals surface area contributed by atoms with Gasteiger partial charge in [-0.25, -0.2) is 9.78 Å². The van der Waals surface area contributed by atoms with Crippen molar-refractivity contribution >= 4 is 6.03 Å². The molecule has 0 atom stereocenters. The lowest BCUT2D eigenvalue weighted by molar-refractivity contribution is 0.132. The van der Waals surface area contributed by atoms with E-state index in [0.29, 0.717) is 0 Å². The third-order valence-corrected chi connectivity index (χ3v) is 3.38. The molecule has 2 heterocycles. The molecule has 0 aromatic carbocycles. The first-order valence-electron chi connectivity index (χ1n) is 7.19. The number of amides is 2. The average molecular weight is 279 g/mol. The van der Waals surface area contributed by atoms with E-state index < -0.39 is 0 Å². The summed E-state index contributed by atoms with van der Waals surface area (Å²) >= 11 is 0. The van der Waals surface area contributed by atoms with Gasteiger partial charge in [-0.2, -0.15) is 0 Å². The maximum atomic E-state index is 12.0. The molecule has 1 fully saturated rings. The Bertz CT molecular complexity index is 415. The number of hydrogen-bond donors (Lipinski definition) is 1. The molecule has 1 aliphatic heterocycles. The maximum Gasteiger partial charge on any atom is 0.317 e. The van der Waals surface area contributed by atoms with Crippen molar-refractivity contribution in [3.05, 3.63) is 18.7 Å². The van der Waals surface area contributed by atoms with Gasteiger partial charge in [-0.05, 0) is 20.8 Å². The molecule has 0 spiro atoms. The van der Waals surface area contributed by atoms with E-state index in [2.05, 4.69) is 19.8 Å². The van der Waals surface area contributed by atoms with Crippen LogP contribution >= 0.6 is 0 Å². The summed E-state index contributed by atoms with van der Waals surface area (Å²) in [5, 5.41) is 3.01. The summed E-state index contributed by atoms with van der Waals surface area (Å²) in [5.74, 6) is 0. The van der Waals surface area contributed by atoms with Crippen molar-refractivity contribution in [2.24, 2.45) is 0 Å². The van der Waals surface area contributed by atoms with E-state index in [1.807, 2.05) is 38.2 Å². The molecule has 20 heavy (non-hydrogen) atoms. The van der Waals surface area contributed by atoms with Crippen molar-refractivity contribution < 1.29 is 4.79 Å². The Morgan fingerprint density at radius 1 is 1.20 bits per heavy atom. The number of aromatic nitrogens is 2. The number of nitrogens with one attached hydrogen (secondary N) is 1. The molecule has 1 aromatic rings. The first kappa shape index (κ1) is 14.8. The van der Waals surface area contributed by atoms with E-state index in [0.717, 1.165) is 39.3 Å². The van der Waals surface area contributed by atoms with Crippen LogP contribution in [-0.2, 0) is 6.54 Å². The summed E-state index contributed by atoms with van der Waals surface area (Å²) in [6.07, 6.45) is 5.62. The minimum absolute atomic E-state index is 0.0479. The van der Waals surface area contributed by atoms with Crippen LogP contribution in [0.2, 0.25) is 0 Å². The lowest BCUT2D eigenvalue weighted by atomic mass is 10.1. The monoisotopic (exact) mass is 279 g/mol. The molecule has 0 unspecified atom stereocenters. The number of nitrogens with zero attached hydrogens (tertiary/aromatic N) is 4. The molecular formula is C14H25N5O. The molecule has 0 bridgehead atoms. The number of hydrogen-bond acceptors (Lipinski definition) is 3. The van der Waals surface area contributed by atoms with Crippen LogP contribution in [0.3, 0.4) is 0 Å². The topological polar surface area (TPSA) is 53.4 Å². The van der Waals surface area contributed by atoms with Crippen molar-refractivity contribution in [3.63, 3.8) is 0 Å². The van der Waals surface area contributed by atoms with Gasteiger partial charge in [0, 0.05) is 57.2 Å². The molecule has 1 aliphatic rings. The van der Waals surface area contributed by atoms with Gasteiger partial charge in [-0.15, -0.1) is 0 Å². The summed E-state index contributed by atoms with van der Waals surface area (Å²) in [6, 6.07) is 0.0479. The van der Waals surface area contributed by atoms with Gasteiger partial charge in [0.1, 0.15) is 0 Å². The zero-order valence-electron chi connectivity index (χ0n) is 12.7. The van der Waals surface area contributed by atoms with E-state index in [-0.39, 0.29) is 11.6 Å². The standard InChI is InChI=1S/C14H25N5O/c1-14(2,3)16-13(20)19-10-8-17(9-11-19)6-7-18-5-4-15-12-18/h4-5,12H,6-11H2,1-3H3,(H,16,20). The molecule has 6 nitrogen and oxygen atoms in total. The molecule has 2 rings (SSSR count). The summed E-state index contributed by atoms with van der Waals surface area (Å²) in [4.78, 5) is 20.4. The Balaban J connectivity index is 1.71. The Hall–Kier alpha value is -1.56. The highest BCUT2D eigenvalue weighted by atomic mass is 16.2. The number of rotatable bonds is 3. The van der Waals surface area contributed by atoms with Crippen molar-refractivity contribution in [1.82, 2.24) is 24.7 Å². The highest BCUT2D eigenvalue weighted by Gasteiger charge is 2.23. The molecule has 2 amide bonds. The summed E-state index contributed by atoms with van der Waals surface area (Å²) in [5.41, 5.74) is -0.171. The molecule has 1 saturated heterocycles. The van der Waals surface area contributed by atoms with Crippen LogP contribution < -0.4 is 5.32 Å². The van der Waals surface area contributed by atoms with Gasteiger partial charge in [-0.1, -0.05) is 0 Å². The molecule has 0 aliphatic carbocycles. The molecule has 1 N–H and O–H groups in total. The van der Waals surface area contributed by atoms with Crippen molar-refractivity contribution in [1.29, 1.82) is 0 Å². The second-order valence-electron chi connectivity index (χ2n) is 6.31. The zero-order valence-corrected chi connectivity index (χ0v) is 12.7. The summed E-state index contributed by atoms with van der Waals surface area (Å²) in [7, 11) is 0. The van der Waals surface area contributed by atoms with Crippen molar-refractivity contribution in [2.45, 2.75) is 32.9 Å². The predicted molar refractivity (Wildman–Crippen MR) is 78.5 cm³/mol. The molecule has 1 aromatic heterocycles. The second-order valence-corrected chi connectivity index (χ2v) is 6.31. The van der Waals surface area contributed by atoms with Crippen LogP contribution in [0.5, 0.6) is 0 Å². The van der Waals surface area contributed by atoms with E-state index in [1.54, 1.807) is 6.20 Å². The first-order chi connectivity index (χ1) is 9.44. The Labute approximate surface area is 120 Å². The second kappa shape index (κ2) is 6.26. The fourth-order valence-corrected chi connectivity index (χ4v) is 2.25. The van der Waals surface area contributed by atoms with Gasteiger partial charge in [0.2, 0.25) is 0 Å². The third kappa shape index (κ3) is 4.52. The molecule has 6 heteroatoms. The minimum atomic E-state index is -0.171. The lowest BCUT2D eigenvalue weighted by Crippen LogP contribution is -2.55. The van der Waals surface area contributed by atoms with Gasteiger partial charge >= 0.3 is 6.03 Å². The van der Waals surface area contributed by atoms with Gasteiger partial charge in [0.15, 0.2) is 0 Å². The van der Waals surface area contributed by atoms with Crippen LogP contribution in [0.1, 0.15) is 20.8 Å². The zero-order chi connectivity index (χ0) is 14.6. The Morgan fingerprint density at radius 2 is 1.90 bits per heavy atom. The molecule has 112 valence electrons. The fourth-order valence-electron chi connectivity index (χ4n) is 2.25. The number of carbonyl (C=O) groups excluding carboxylic acids is 1. The predicted octanol–water partition coefficient (Wildman–Crippen LogP) is 1.01. The Kier molecular flexibility index (Phi) is 4.65. The van der Waals surface area contributed by atoms with Gasteiger partial charge < -0.3 is 14.8 Å². The van der Waals surface area contributed by atoms with Crippen LogP contribution in [0.4, 0.5) is 4.79 Å². The van der Waals surface area contributed by atoms with Crippen LogP contribution in [0, 0.1) is 0 Å².